The zero-order valence-corrected chi connectivity index (χ0v) is 20.0. The van der Waals surface area contributed by atoms with Gasteiger partial charge >= 0.3 is 0 Å². The van der Waals surface area contributed by atoms with Crippen LogP contribution in [0.25, 0.3) is 44.2 Å². The highest BCUT2D eigenvalue weighted by atomic mass is 35.5. The van der Waals surface area contributed by atoms with Crippen molar-refractivity contribution in [2.24, 2.45) is 0 Å². The van der Waals surface area contributed by atoms with Gasteiger partial charge in [-0.1, -0.05) is 17.7 Å². The van der Waals surface area contributed by atoms with E-state index in [1.165, 1.54) is 0 Å². The van der Waals surface area contributed by atoms with Gasteiger partial charge in [-0.25, -0.2) is 4.98 Å². The van der Waals surface area contributed by atoms with Gasteiger partial charge in [0.1, 0.15) is 12.1 Å². The summed E-state index contributed by atoms with van der Waals surface area (Å²) in [6.45, 7) is 8.23. The minimum Gasteiger partial charge on any atom is -0.383 e. The number of hydrogen-bond donors (Lipinski definition) is 0. The summed E-state index contributed by atoms with van der Waals surface area (Å²) >= 11 is 6.81. The van der Waals surface area contributed by atoms with Crippen LogP contribution in [0.4, 0.5) is 0 Å². The maximum absolute atomic E-state index is 11.5. The molecule has 0 amide bonds. The molecule has 0 aliphatic heterocycles. The molecule has 168 valence electrons. The van der Waals surface area contributed by atoms with E-state index in [9.17, 15) is 4.79 Å². The summed E-state index contributed by atoms with van der Waals surface area (Å²) in [5.74, 6) is 0.858. The number of aromatic nitrogens is 3. The van der Waals surface area contributed by atoms with Crippen molar-refractivity contribution in [1.29, 1.82) is 0 Å². The van der Waals surface area contributed by atoms with Crippen molar-refractivity contribution in [3.8, 4) is 11.4 Å². The van der Waals surface area contributed by atoms with E-state index >= 15 is 0 Å². The van der Waals surface area contributed by atoms with Gasteiger partial charge in [0.05, 0.1) is 28.2 Å². The third kappa shape index (κ3) is 3.26. The van der Waals surface area contributed by atoms with Crippen molar-refractivity contribution in [3.63, 3.8) is 0 Å². The Balaban J connectivity index is 1.82. The van der Waals surface area contributed by atoms with Crippen LogP contribution < -0.4 is 0 Å². The maximum Gasteiger partial charge on any atom is 0.150 e. The molecule has 33 heavy (non-hydrogen) atoms. The summed E-state index contributed by atoms with van der Waals surface area (Å²) in [6, 6.07) is 14.5. The fraction of sp³-hybridized carbons (Fsp3) is 0.259. The molecule has 0 spiro atoms. The Morgan fingerprint density at radius 3 is 2.52 bits per heavy atom. The number of carbonyl (C=O) groups excluding carboxylic acids is 1. The number of rotatable bonds is 6. The van der Waals surface area contributed by atoms with E-state index < -0.39 is 0 Å². The van der Waals surface area contributed by atoms with E-state index in [0.717, 1.165) is 73.2 Å². The van der Waals surface area contributed by atoms with Crippen molar-refractivity contribution in [2.45, 2.75) is 33.9 Å². The molecule has 5 aromatic rings. The van der Waals surface area contributed by atoms with Crippen LogP contribution in [-0.4, -0.2) is 34.1 Å². The number of imidazole rings is 1. The van der Waals surface area contributed by atoms with E-state index in [4.69, 9.17) is 21.3 Å². The first-order valence-electron chi connectivity index (χ1n) is 11.2. The van der Waals surface area contributed by atoms with Crippen molar-refractivity contribution in [1.82, 2.24) is 14.1 Å². The first-order valence-corrected chi connectivity index (χ1v) is 11.5. The van der Waals surface area contributed by atoms with Crippen LogP contribution >= 0.6 is 11.6 Å². The molecule has 5 nitrogen and oxygen atoms in total. The van der Waals surface area contributed by atoms with Crippen LogP contribution in [0, 0.1) is 13.8 Å². The van der Waals surface area contributed by atoms with E-state index in [1.807, 2.05) is 26.0 Å². The molecule has 0 aliphatic carbocycles. The second-order valence-electron chi connectivity index (χ2n) is 8.41. The highest BCUT2D eigenvalue weighted by Gasteiger charge is 2.19. The molecule has 2 heterocycles. The number of aldehydes is 1. The number of carbonyl (C=O) groups is 1. The van der Waals surface area contributed by atoms with Crippen molar-refractivity contribution in [3.05, 3.63) is 64.2 Å². The Hall–Kier alpha value is -3.15. The number of methoxy groups -OCH3 is 1. The number of benzene rings is 3. The molecule has 0 saturated heterocycles. The van der Waals surface area contributed by atoms with Crippen LogP contribution in [0.2, 0.25) is 5.02 Å². The summed E-state index contributed by atoms with van der Waals surface area (Å²) in [5, 5.41) is 2.99. The number of ether oxygens (including phenoxy) is 1. The molecule has 2 aromatic heterocycles. The Labute approximate surface area is 197 Å². The molecule has 5 rings (SSSR count). The number of fused-ring (bicyclic) bond motifs is 4. The average molecular weight is 460 g/mol. The highest BCUT2D eigenvalue weighted by molar-refractivity contribution is 6.38. The van der Waals surface area contributed by atoms with Gasteiger partial charge in [0.15, 0.2) is 0 Å². The number of hydrogen-bond acceptors (Lipinski definition) is 3. The Kier molecular flexibility index (Phi) is 5.47. The molecular weight excluding hydrogens is 434 g/mol. The summed E-state index contributed by atoms with van der Waals surface area (Å²) in [7, 11) is 1.70. The maximum atomic E-state index is 11.5. The molecule has 0 N–H and O–H groups in total. The van der Waals surface area contributed by atoms with Gasteiger partial charge < -0.3 is 13.9 Å². The van der Waals surface area contributed by atoms with Crippen molar-refractivity contribution in [2.75, 3.05) is 13.7 Å². The number of halogens is 1. The fourth-order valence-corrected chi connectivity index (χ4v) is 5.09. The molecule has 0 unspecified atom stereocenters. The lowest BCUT2D eigenvalue weighted by atomic mass is 10.1. The lowest BCUT2D eigenvalue weighted by Crippen LogP contribution is -2.06. The SMILES string of the molecule is CCn1c2ccc(-c3nc4c(C)c(C=O)ccc4n3CCOC)cc2c2c(Cl)c(C)ccc21. The average Bonchev–Trinajstić information content (AvgIpc) is 3.36. The quantitative estimate of drug-likeness (QED) is 0.270. The largest absolute Gasteiger partial charge is 0.383 e. The second-order valence-corrected chi connectivity index (χ2v) is 8.79. The number of nitrogens with zero attached hydrogens (tertiary/aromatic N) is 3. The van der Waals surface area contributed by atoms with Crippen LogP contribution in [0.1, 0.15) is 28.4 Å². The van der Waals surface area contributed by atoms with Gasteiger partial charge in [0.25, 0.3) is 0 Å². The van der Waals surface area contributed by atoms with Crippen molar-refractivity contribution < 1.29 is 9.53 Å². The molecule has 0 aliphatic rings. The molecular formula is C27H26ClN3O2. The number of aryl methyl sites for hydroxylation is 3. The van der Waals surface area contributed by atoms with Crippen LogP contribution in [0.15, 0.2) is 42.5 Å². The third-order valence-electron chi connectivity index (χ3n) is 6.60. The summed E-state index contributed by atoms with van der Waals surface area (Å²) in [6.07, 6.45) is 0.888. The molecule has 0 atom stereocenters. The van der Waals surface area contributed by atoms with E-state index in [1.54, 1.807) is 7.11 Å². The predicted octanol–water partition coefficient (Wildman–Crippen LogP) is 6.56. The molecule has 0 saturated carbocycles. The minimum absolute atomic E-state index is 0.565. The van der Waals surface area contributed by atoms with Gasteiger partial charge in [-0.3, -0.25) is 4.79 Å². The lowest BCUT2D eigenvalue weighted by molar-refractivity contribution is 0.112. The topological polar surface area (TPSA) is 49.0 Å². The third-order valence-corrected chi connectivity index (χ3v) is 7.08. The van der Waals surface area contributed by atoms with Gasteiger partial charge in [-0.2, -0.15) is 0 Å². The highest BCUT2D eigenvalue weighted by Crippen LogP contribution is 2.38. The standard InChI is InChI=1S/C27H26ClN3O2/c1-5-30-21-10-7-18(14-20(21)24-22(30)9-6-16(2)25(24)28)27-29-26-17(3)19(15-32)8-11-23(26)31(27)12-13-33-4/h6-11,14-15H,5,12-13H2,1-4H3. The minimum atomic E-state index is 0.565. The second kappa shape index (κ2) is 8.32. The summed E-state index contributed by atoms with van der Waals surface area (Å²) in [4.78, 5) is 16.5. The van der Waals surface area contributed by atoms with Crippen LogP contribution in [0.5, 0.6) is 0 Å². The predicted molar refractivity (Wildman–Crippen MR) is 136 cm³/mol. The smallest absolute Gasteiger partial charge is 0.150 e. The normalized spacial score (nSPS) is 11.8. The molecule has 0 bridgehead atoms. The molecule has 0 radical (unpaired) electrons. The lowest BCUT2D eigenvalue weighted by Gasteiger charge is -2.10. The molecule has 6 heteroatoms. The van der Waals surface area contributed by atoms with Gasteiger partial charge in [-0.05, 0) is 68.3 Å². The van der Waals surface area contributed by atoms with E-state index in [-0.39, 0.29) is 0 Å². The van der Waals surface area contributed by atoms with Gasteiger partial charge in [-0.15, -0.1) is 0 Å². The Bertz CT molecular complexity index is 1540. The van der Waals surface area contributed by atoms with E-state index in [0.29, 0.717) is 18.7 Å². The van der Waals surface area contributed by atoms with E-state index in [2.05, 4.69) is 46.4 Å². The Morgan fingerprint density at radius 1 is 1.03 bits per heavy atom. The molecule has 3 aromatic carbocycles. The van der Waals surface area contributed by atoms with Crippen LogP contribution in [0.3, 0.4) is 0 Å². The van der Waals surface area contributed by atoms with Crippen molar-refractivity contribution >= 4 is 50.7 Å². The Morgan fingerprint density at radius 2 is 1.79 bits per heavy atom. The first kappa shape index (κ1) is 21.7. The van der Waals surface area contributed by atoms with Crippen LogP contribution in [-0.2, 0) is 17.8 Å². The fourth-order valence-electron chi connectivity index (χ4n) is 4.83. The summed E-state index contributed by atoms with van der Waals surface area (Å²) < 4.78 is 9.85. The zero-order valence-electron chi connectivity index (χ0n) is 19.3. The zero-order chi connectivity index (χ0) is 23.3. The van der Waals surface area contributed by atoms with Gasteiger partial charge in [0.2, 0.25) is 0 Å². The first-order chi connectivity index (χ1) is 16.0. The monoisotopic (exact) mass is 459 g/mol. The molecule has 0 fully saturated rings. The van der Waals surface area contributed by atoms with Gasteiger partial charge in [0, 0.05) is 47.6 Å². The summed E-state index contributed by atoms with van der Waals surface area (Å²) in [5.41, 5.74) is 7.76.